The number of nitrogens with zero attached hydrogens (tertiary/aromatic N) is 2. The molecule has 0 spiro atoms. The molecule has 0 amide bonds. The quantitative estimate of drug-likeness (QED) is 0.805. The number of fused-ring (bicyclic) bond motifs is 1. The Morgan fingerprint density at radius 1 is 1.53 bits per heavy atom. The number of rotatable bonds is 2. The minimum atomic E-state index is -1.03. The summed E-state index contributed by atoms with van der Waals surface area (Å²) in [5.74, 6) is 0.138. The molecule has 78 valence electrons. The zero-order chi connectivity index (χ0) is 11.0. The molecule has 0 saturated carbocycles. The van der Waals surface area contributed by atoms with Crippen molar-refractivity contribution in [3.63, 3.8) is 0 Å². The van der Waals surface area contributed by atoms with E-state index in [0.29, 0.717) is 17.2 Å². The highest BCUT2D eigenvalue weighted by Gasteiger charge is 2.16. The molecular weight excluding hydrogens is 196 g/mol. The molecule has 0 fully saturated rings. The molecule has 0 aliphatic carbocycles. The van der Waals surface area contributed by atoms with E-state index in [2.05, 4.69) is 4.98 Å². The summed E-state index contributed by atoms with van der Waals surface area (Å²) < 4.78 is 6.80. The van der Waals surface area contributed by atoms with Gasteiger partial charge in [0.25, 0.3) is 0 Å². The second-order valence-electron chi connectivity index (χ2n) is 3.10. The van der Waals surface area contributed by atoms with E-state index in [1.165, 1.54) is 7.11 Å². The normalized spacial score (nSPS) is 10.5. The van der Waals surface area contributed by atoms with Crippen LogP contribution >= 0.6 is 0 Å². The van der Waals surface area contributed by atoms with Crippen LogP contribution in [0.2, 0.25) is 0 Å². The van der Waals surface area contributed by atoms with E-state index >= 15 is 0 Å². The Labute approximate surface area is 85.9 Å². The number of aromatic nitrogens is 2. The smallest absolute Gasteiger partial charge is 0.356 e. The molecule has 0 bridgehead atoms. The third-order valence-electron chi connectivity index (χ3n) is 2.21. The summed E-state index contributed by atoms with van der Waals surface area (Å²) >= 11 is 0. The molecule has 1 N–H and O–H groups in total. The predicted octanol–water partition coefficient (Wildman–Crippen LogP) is 1.35. The molecule has 5 nitrogen and oxygen atoms in total. The van der Waals surface area contributed by atoms with Crippen molar-refractivity contribution in [3.8, 4) is 5.88 Å². The van der Waals surface area contributed by atoms with Crippen LogP contribution in [0.15, 0.2) is 18.2 Å². The Hall–Kier alpha value is -2.04. The number of aromatic carboxylic acids is 1. The van der Waals surface area contributed by atoms with Crippen LogP contribution in [0.5, 0.6) is 5.88 Å². The van der Waals surface area contributed by atoms with Crippen molar-refractivity contribution >= 4 is 11.5 Å². The standard InChI is InChI=1S/C10H10N2O3/c1-6-11-9(10(13)14)7-4-3-5-8(15-2)12(6)7/h3-5H,1-2H3,(H,13,14). The molecule has 2 rings (SSSR count). The van der Waals surface area contributed by atoms with Crippen LogP contribution in [0.3, 0.4) is 0 Å². The molecule has 0 saturated heterocycles. The first kappa shape index (κ1) is 9.51. The minimum absolute atomic E-state index is 0.0476. The Balaban J connectivity index is 2.85. The van der Waals surface area contributed by atoms with Gasteiger partial charge in [-0.05, 0) is 19.1 Å². The Kier molecular flexibility index (Phi) is 2.07. The molecule has 0 radical (unpaired) electrons. The summed E-state index contributed by atoms with van der Waals surface area (Å²) in [5, 5.41) is 8.94. The maximum atomic E-state index is 10.9. The lowest BCUT2D eigenvalue weighted by Crippen LogP contribution is -1.98. The molecular formula is C10H10N2O3. The van der Waals surface area contributed by atoms with E-state index in [9.17, 15) is 4.79 Å². The number of pyridine rings is 1. The molecule has 15 heavy (non-hydrogen) atoms. The van der Waals surface area contributed by atoms with E-state index in [0.717, 1.165) is 0 Å². The summed E-state index contributed by atoms with van der Waals surface area (Å²) in [6.45, 7) is 1.74. The molecule has 0 aliphatic rings. The van der Waals surface area contributed by atoms with Gasteiger partial charge in [-0.15, -0.1) is 0 Å². The van der Waals surface area contributed by atoms with E-state index in [4.69, 9.17) is 9.84 Å². The molecule has 0 unspecified atom stereocenters. The van der Waals surface area contributed by atoms with Gasteiger partial charge in [0.15, 0.2) is 11.6 Å². The molecule has 2 aromatic heterocycles. The van der Waals surface area contributed by atoms with Crippen molar-refractivity contribution in [2.24, 2.45) is 0 Å². The van der Waals surface area contributed by atoms with Crippen LogP contribution in [-0.4, -0.2) is 27.6 Å². The monoisotopic (exact) mass is 206 g/mol. The first-order chi connectivity index (χ1) is 7.15. The maximum absolute atomic E-state index is 10.9. The summed E-state index contributed by atoms with van der Waals surface area (Å²) in [7, 11) is 1.54. The molecule has 5 heteroatoms. The summed E-state index contributed by atoms with van der Waals surface area (Å²) in [5.41, 5.74) is 0.589. The number of carboxylic acids is 1. The highest BCUT2D eigenvalue weighted by Crippen LogP contribution is 2.20. The number of carbonyl (C=O) groups is 1. The molecule has 0 aromatic carbocycles. The Morgan fingerprint density at radius 2 is 2.27 bits per heavy atom. The van der Waals surface area contributed by atoms with Gasteiger partial charge in [-0.1, -0.05) is 6.07 Å². The van der Waals surface area contributed by atoms with E-state index < -0.39 is 5.97 Å². The largest absolute Gasteiger partial charge is 0.482 e. The van der Waals surface area contributed by atoms with Gasteiger partial charge in [0.1, 0.15) is 5.82 Å². The Bertz CT molecular complexity index is 531. The maximum Gasteiger partial charge on any atom is 0.356 e. The van der Waals surface area contributed by atoms with E-state index in [-0.39, 0.29) is 5.69 Å². The number of aryl methyl sites for hydroxylation is 1. The number of imidazole rings is 1. The molecule has 0 aliphatic heterocycles. The van der Waals surface area contributed by atoms with Crippen molar-refractivity contribution in [2.75, 3.05) is 7.11 Å². The van der Waals surface area contributed by atoms with E-state index in [1.54, 1.807) is 29.5 Å². The highest BCUT2D eigenvalue weighted by molar-refractivity contribution is 5.93. The lowest BCUT2D eigenvalue weighted by atomic mass is 10.3. The predicted molar refractivity (Wildman–Crippen MR) is 53.4 cm³/mol. The fraction of sp³-hybridized carbons (Fsp3) is 0.200. The van der Waals surface area contributed by atoms with Crippen LogP contribution in [0.1, 0.15) is 16.3 Å². The van der Waals surface area contributed by atoms with Crippen LogP contribution < -0.4 is 4.74 Å². The van der Waals surface area contributed by atoms with Crippen LogP contribution in [0, 0.1) is 6.92 Å². The third-order valence-corrected chi connectivity index (χ3v) is 2.21. The summed E-state index contributed by atoms with van der Waals surface area (Å²) in [6.07, 6.45) is 0. The van der Waals surface area contributed by atoms with Gasteiger partial charge in [0.2, 0.25) is 0 Å². The summed E-state index contributed by atoms with van der Waals surface area (Å²) in [6, 6.07) is 5.20. The second-order valence-corrected chi connectivity index (χ2v) is 3.10. The fourth-order valence-corrected chi connectivity index (χ4v) is 1.59. The topological polar surface area (TPSA) is 63.8 Å². The van der Waals surface area contributed by atoms with Crippen molar-refractivity contribution in [1.82, 2.24) is 9.38 Å². The lowest BCUT2D eigenvalue weighted by molar-refractivity contribution is 0.0693. The number of carboxylic acid groups (broad SMARTS) is 1. The van der Waals surface area contributed by atoms with Gasteiger partial charge in [-0.25, -0.2) is 9.78 Å². The van der Waals surface area contributed by atoms with Gasteiger partial charge in [0, 0.05) is 0 Å². The number of hydrogen-bond donors (Lipinski definition) is 1. The second kappa shape index (κ2) is 3.27. The number of ether oxygens (including phenoxy) is 1. The fourth-order valence-electron chi connectivity index (χ4n) is 1.59. The molecule has 2 heterocycles. The van der Waals surface area contributed by atoms with Crippen LogP contribution in [0.25, 0.3) is 5.52 Å². The highest BCUT2D eigenvalue weighted by atomic mass is 16.5. The van der Waals surface area contributed by atoms with E-state index in [1.807, 2.05) is 0 Å². The lowest BCUT2D eigenvalue weighted by Gasteiger charge is -2.04. The number of methoxy groups -OCH3 is 1. The van der Waals surface area contributed by atoms with Gasteiger partial charge in [-0.2, -0.15) is 0 Å². The van der Waals surface area contributed by atoms with Crippen molar-refractivity contribution in [3.05, 3.63) is 29.7 Å². The summed E-state index contributed by atoms with van der Waals surface area (Å²) in [4.78, 5) is 14.9. The van der Waals surface area contributed by atoms with Crippen molar-refractivity contribution in [1.29, 1.82) is 0 Å². The average Bonchev–Trinajstić information content (AvgIpc) is 2.56. The first-order valence-electron chi connectivity index (χ1n) is 4.40. The molecule has 0 atom stereocenters. The SMILES string of the molecule is COc1cccc2c(C(=O)O)nc(C)n12. The average molecular weight is 206 g/mol. The zero-order valence-corrected chi connectivity index (χ0v) is 8.39. The zero-order valence-electron chi connectivity index (χ0n) is 8.39. The van der Waals surface area contributed by atoms with Gasteiger partial charge in [0.05, 0.1) is 12.6 Å². The van der Waals surface area contributed by atoms with Crippen LogP contribution in [0.4, 0.5) is 0 Å². The Morgan fingerprint density at radius 3 is 2.87 bits per heavy atom. The first-order valence-corrected chi connectivity index (χ1v) is 4.40. The van der Waals surface area contributed by atoms with Gasteiger partial charge in [-0.3, -0.25) is 4.40 Å². The van der Waals surface area contributed by atoms with Gasteiger partial charge >= 0.3 is 5.97 Å². The van der Waals surface area contributed by atoms with Crippen LogP contribution in [-0.2, 0) is 0 Å². The third kappa shape index (κ3) is 1.32. The minimum Gasteiger partial charge on any atom is -0.482 e. The molecule has 2 aromatic rings. The van der Waals surface area contributed by atoms with Gasteiger partial charge < -0.3 is 9.84 Å². The van der Waals surface area contributed by atoms with Crippen molar-refractivity contribution in [2.45, 2.75) is 6.92 Å². The number of hydrogen-bond acceptors (Lipinski definition) is 3. The van der Waals surface area contributed by atoms with Crippen molar-refractivity contribution < 1.29 is 14.6 Å².